The fraction of sp³-hybridized carbons (Fsp3) is 0.611. The molecule has 2 aromatic rings. The lowest BCUT2D eigenvalue weighted by Crippen LogP contribution is -2.37. The number of imidazole rings is 1. The second-order valence-corrected chi connectivity index (χ2v) is 8.21. The Hall–Kier alpha value is -2.11. The summed E-state index contributed by atoms with van der Waals surface area (Å²) in [6, 6.07) is 0. The molecule has 0 aliphatic carbocycles. The summed E-state index contributed by atoms with van der Waals surface area (Å²) in [6.07, 6.45) is 6.81. The number of carbonyl (C=O) groups excluding carboxylic acids is 1. The Morgan fingerprint density at radius 1 is 1.42 bits per heavy atom. The van der Waals surface area contributed by atoms with Crippen molar-refractivity contribution in [2.75, 3.05) is 6.54 Å². The molecule has 6 heteroatoms. The zero-order valence-electron chi connectivity index (χ0n) is 14.7. The van der Waals surface area contributed by atoms with Crippen molar-refractivity contribution in [1.82, 2.24) is 24.6 Å². The molecule has 1 amide bonds. The molecular formula is C18H25N5O. The highest BCUT2D eigenvalue weighted by Crippen LogP contribution is 2.30. The normalized spacial score (nSPS) is 22.6. The number of nitrogens with zero attached hydrogens (tertiary/aromatic N) is 4. The number of carbonyl (C=O) groups is 1. The Bertz CT molecular complexity index is 772. The van der Waals surface area contributed by atoms with Crippen LogP contribution in [0.2, 0.25) is 0 Å². The lowest BCUT2D eigenvalue weighted by molar-refractivity contribution is 0.0675. The number of aryl methyl sites for hydroxylation is 1. The van der Waals surface area contributed by atoms with Crippen molar-refractivity contribution in [3.63, 3.8) is 0 Å². The van der Waals surface area contributed by atoms with Crippen molar-refractivity contribution in [3.05, 3.63) is 35.2 Å². The highest BCUT2D eigenvalue weighted by molar-refractivity contribution is 5.92. The van der Waals surface area contributed by atoms with Crippen LogP contribution in [0.4, 0.5) is 0 Å². The molecule has 2 aliphatic heterocycles. The first-order valence-electron chi connectivity index (χ1n) is 8.78. The lowest BCUT2D eigenvalue weighted by atomic mass is 9.88. The zero-order chi connectivity index (χ0) is 16.9. The molecule has 0 fully saturated rings. The van der Waals surface area contributed by atoms with E-state index in [1.807, 2.05) is 17.3 Å². The molecule has 2 aliphatic rings. The maximum absolute atomic E-state index is 13.1. The summed E-state index contributed by atoms with van der Waals surface area (Å²) < 4.78 is 2.16. The van der Waals surface area contributed by atoms with E-state index < -0.39 is 0 Å². The number of aromatic nitrogens is 4. The molecule has 0 bridgehead atoms. The van der Waals surface area contributed by atoms with Crippen molar-refractivity contribution < 1.29 is 4.79 Å². The lowest BCUT2D eigenvalue weighted by Gasteiger charge is -2.29. The molecule has 0 radical (unpaired) electrons. The molecular weight excluding hydrogens is 302 g/mol. The average molecular weight is 327 g/mol. The smallest absolute Gasteiger partial charge is 0.274 e. The van der Waals surface area contributed by atoms with E-state index in [0.29, 0.717) is 18.2 Å². The van der Waals surface area contributed by atoms with Gasteiger partial charge in [0.2, 0.25) is 0 Å². The van der Waals surface area contributed by atoms with E-state index in [-0.39, 0.29) is 11.3 Å². The average Bonchev–Trinajstić information content (AvgIpc) is 3.09. The van der Waals surface area contributed by atoms with Gasteiger partial charge in [-0.2, -0.15) is 5.10 Å². The van der Waals surface area contributed by atoms with Crippen molar-refractivity contribution in [2.24, 2.45) is 11.3 Å². The molecule has 6 nitrogen and oxygen atoms in total. The summed E-state index contributed by atoms with van der Waals surface area (Å²) in [5, 5.41) is 7.25. The molecule has 4 heterocycles. The van der Waals surface area contributed by atoms with Crippen molar-refractivity contribution >= 4 is 5.91 Å². The molecule has 0 spiro atoms. The van der Waals surface area contributed by atoms with Crippen LogP contribution in [0.5, 0.6) is 0 Å². The summed E-state index contributed by atoms with van der Waals surface area (Å²) in [5.74, 6) is 1.74. The number of H-pyrrole nitrogens is 1. The van der Waals surface area contributed by atoms with Crippen molar-refractivity contribution in [2.45, 2.75) is 53.1 Å². The Morgan fingerprint density at radius 3 is 3.08 bits per heavy atom. The van der Waals surface area contributed by atoms with Gasteiger partial charge >= 0.3 is 0 Å². The number of hydrogen-bond donors (Lipinski definition) is 1. The van der Waals surface area contributed by atoms with E-state index in [9.17, 15) is 4.79 Å². The summed E-state index contributed by atoms with van der Waals surface area (Å²) in [7, 11) is 0. The minimum atomic E-state index is 0.0152. The van der Waals surface area contributed by atoms with Crippen LogP contribution in [0.1, 0.15) is 54.8 Å². The van der Waals surface area contributed by atoms with Gasteiger partial charge in [0, 0.05) is 43.5 Å². The Balaban J connectivity index is 1.62. The molecule has 1 N–H and O–H groups in total. The number of hydrogen-bond acceptors (Lipinski definition) is 3. The minimum Gasteiger partial charge on any atom is -0.334 e. The first kappa shape index (κ1) is 15.4. The standard InChI is InChI=1S/C18H25N5O/c1-12-4-5-16-20-15(10-22(16)8-12)17(24)23-9-13-7-19-21-14(13)6-18(2,3)11-23/h7,10,12H,4-6,8-9,11H2,1-3H3,(H,19,21). The maximum atomic E-state index is 13.1. The van der Waals surface area contributed by atoms with Gasteiger partial charge in [0.05, 0.1) is 6.20 Å². The second-order valence-electron chi connectivity index (χ2n) is 8.21. The van der Waals surface area contributed by atoms with E-state index in [4.69, 9.17) is 0 Å². The number of fused-ring (bicyclic) bond motifs is 2. The van der Waals surface area contributed by atoms with E-state index in [1.54, 1.807) is 0 Å². The van der Waals surface area contributed by atoms with E-state index in [0.717, 1.165) is 49.4 Å². The Kier molecular flexibility index (Phi) is 3.51. The van der Waals surface area contributed by atoms with Crippen LogP contribution in [0.25, 0.3) is 0 Å². The maximum Gasteiger partial charge on any atom is 0.274 e. The predicted molar refractivity (Wildman–Crippen MR) is 90.5 cm³/mol. The van der Waals surface area contributed by atoms with Crippen LogP contribution in [-0.2, 0) is 25.9 Å². The molecule has 24 heavy (non-hydrogen) atoms. The molecule has 0 saturated carbocycles. The van der Waals surface area contributed by atoms with Gasteiger partial charge in [0.1, 0.15) is 11.5 Å². The molecule has 128 valence electrons. The topological polar surface area (TPSA) is 66.8 Å². The summed E-state index contributed by atoms with van der Waals surface area (Å²) in [6.45, 7) is 8.95. The van der Waals surface area contributed by atoms with E-state index in [1.165, 1.54) is 0 Å². The Labute approximate surface area is 142 Å². The van der Waals surface area contributed by atoms with Crippen LogP contribution in [0.3, 0.4) is 0 Å². The highest BCUT2D eigenvalue weighted by atomic mass is 16.2. The second kappa shape index (κ2) is 5.46. The molecule has 0 aromatic carbocycles. The van der Waals surface area contributed by atoms with Crippen LogP contribution in [-0.4, -0.2) is 37.1 Å². The summed E-state index contributed by atoms with van der Waals surface area (Å²) in [5.41, 5.74) is 2.86. The van der Waals surface area contributed by atoms with Gasteiger partial charge in [0.25, 0.3) is 5.91 Å². The molecule has 2 aromatic heterocycles. The van der Waals surface area contributed by atoms with Gasteiger partial charge in [-0.1, -0.05) is 20.8 Å². The van der Waals surface area contributed by atoms with Crippen molar-refractivity contribution in [1.29, 1.82) is 0 Å². The third-order valence-electron chi connectivity index (χ3n) is 5.18. The fourth-order valence-corrected chi connectivity index (χ4v) is 3.96. The quantitative estimate of drug-likeness (QED) is 0.874. The number of nitrogens with one attached hydrogen (secondary N) is 1. The molecule has 4 rings (SSSR count). The number of aromatic amines is 1. The first-order chi connectivity index (χ1) is 11.4. The predicted octanol–water partition coefficient (Wildman–Crippen LogP) is 2.41. The van der Waals surface area contributed by atoms with Crippen LogP contribution in [0, 0.1) is 11.3 Å². The van der Waals surface area contributed by atoms with Gasteiger partial charge in [0.15, 0.2) is 0 Å². The van der Waals surface area contributed by atoms with E-state index in [2.05, 4.69) is 40.5 Å². The monoisotopic (exact) mass is 327 g/mol. The fourth-order valence-electron chi connectivity index (χ4n) is 3.96. The van der Waals surface area contributed by atoms with Crippen LogP contribution >= 0.6 is 0 Å². The van der Waals surface area contributed by atoms with Gasteiger partial charge in [-0.15, -0.1) is 0 Å². The summed E-state index contributed by atoms with van der Waals surface area (Å²) >= 11 is 0. The molecule has 1 atom stereocenters. The van der Waals surface area contributed by atoms with Crippen molar-refractivity contribution in [3.8, 4) is 0 Å². The van der Waals surface area contributed by atoms with Gasteiger partial charge in [-0.3, -0.25) is 9.89 Å². The number of rotatable bonds is 1. The highest BCUT2D eigenvalue weighted by Gasteiger charge is 2.33. The van der Waals surface area contributed by atoms with Gasteiger partial charge in [-0.05, 0) is 24.2 Å². The third kappa shape index (κ3) is 2.74. The zero-order valence-corrected chi connectivity index (χ0v) is 14.7. The third-order valence-corrected chi connectivity index (χ3v) is 5.18. The first-order valence-corrected chi connectivity index (χ1v) is 8.78. The van der Waals surface area contributed by atoms with Gasteiger partial charge in [-0.25, -0.2) is 4.98 Å². The number of amides is 1. The minimum absolute atomic E-state index is 0.0152. The molecule has 0 saturated heterocycles. The molecule has 1 unspecified atom stereocenters. The van der Waals surface area contributed by atoms with E-state index >= 15 is 0 Å². The summed E-state index contributed by atoms with van der Waals surface area (Å²) in [4.78, 5) is 19.7. The van der Waals surface area contributed by atoms with Crippen LogP contribution in [0.15, 0.2) is 12.4 Å². The van der Waals surface area contributed by atoms with Crippen LogP contribution < -0.4 is 0 Å². The largest absolute Gasteiger partial charge is 0.334 e. The van der Waals surface area contributed by atoms with Gasteiger partial charge < -0.3 is 9.47 Å². The Morgan fingerprint density at radius 2 is 2.25 bits per heavy atom. The SMILES string of the molecule is CC1CCc2nc(C(=O)N3Cc4cn[nH]c4CC(C)(C)C3)cn2C1.